The molecule has 58 valence electrons. The third-order valence-electron chi connectivity index (χ3n) is 0.813. The molecule has 1 aromatic heterocycles. The summed E-state index contributed by atoms with van der Waals surface area (Å²) in [7, 11) is 0. The minimum atomic E-state index is -0.929. The third kappa shape index (κ3) is 2.38. The van der Waals surface area contributed by atoms with Crippen LogP contribution < -0.4 is 10.5 Å². The van der Waals surface area contributed by atoms with Gasteiger partial charge in [0, 0.05) is 6.07 Å². The van der Waals surface area contributed by atoms with Crippen molar-refractivity contribution in [3.05, 3.63) is 17.3 Å². The van der Waals surface area contributed by atoms with Crippen LogP contribution in [0.25, 0.3) is 0 Å². The second-order valence-corrected chi connectivity index (χ2v) is 2.00. The first-order chi connectivity index (χ1) is 5.18. The summed E-state index contributed by atoms with van der Waals surface area (Å²) in [6.45, 7) is 0. The topological polar surface area (TPSA) is 78.1 Å². The molecule has 1 amide bonds. The maximum absolute atomic E-state index is 10.2. The Kier molecular flexibility index (Phi) is 2.22. The number of ether oxygens (including phenoxy) is 1. The van der Waals surface area contributed by atoms with Crippen molar-refractivity contribution in [2.45, 2.75) is 0 Å². The highest BCUT2D eigenvalue weighted by molar-refractivity contribution is 6.29. The number of aromatic nitrogens is 2. The van der Waals surface area contributed by atoms with E-state index in [9.17, 15) is 4.79 Å². The Morgan fingerprint density at radius 2 is 2.27 bits per heavy atom. The van der Waals surface area contributed by atoms with Gasteiger partial charge in [-0.25, -0.2) is 4.79 Å². The van der Waals surface area contributed by atoms with Gasteiger partial charge in [-0.05, 0) is 6.07 Å². The fraction of sp³-hybridized carbons (Fsp3) is 0. The number of carbonyl (C=O) groups is 1. The molecule has 0 aliphatic rings. The van der Waals surface area contributed by atoms with Crippen molar-refractivity contribution < 1.29 is 9.53 Å². The summed E-state index contributed by atoms with van der Waals surface area (Å²) in [5, 5.41) is 7.05. The van der Waals surface area contributed by atoms with Crippen molar-refractivity contribution in [3.8, 4) is 5.88 Å². The molecule has 1 heterocycles. The number of carbonyl (C=O) groups excluding carboxylic acids is 1. The van der Waals surface area contributed by atoms with Crippen molar-refractivity contribution >= 4 is 17.7 Å². The molecule has 1 rings (SSSR count). The number of amides is 1. The molecule has 0 unspecified atom stereocenters. The van der Waals surface area contributed by atoms with Gasteiger partial charge in [-0.15, -0.1) is 10.2 Å². The second-order valence-electron chi connectivity index (χ2n) is 1.62. The van der Waals surface area contributed by atoms with Gasteiger partial charge in [0.2, 0.25) is 5.88 Å². The van der Waals surface area contributed by atoms with Crippen LogP contribution in [-0.2, 0) is 0 Å². The summed E-state index contributed by atoms with van der Waals surface area (Å²) < 4.78 is 4.38. The fourth-order valence-electron chi connectivity index (χ4n) is 0.461. The van der Waals surface area contributed by atoms with Crippen molar-refractivity contribution in [1.29, 1.82) is 0 Å². The minimum absolute atomic E-state index is 0.0295. The molecule has 0 aromatic carbocycles. The maximum Gasteiger partial charge on any atom is 0.411 e. The second kappa shape index (κ2) is 3.16. The van der Waals surface area contributed by atoms with Gasteiger partial charge in [-0.3, -0.25) is 0 Å². The molecule has 0 aliphatic heterocycles. The molecule has 1 aromatic rings. The van der Waals surface area contributed by atoms with E-state index in [1.165, 1.54) is 12.1 Å². The van der Waals surface area contributed by atoms with Gasteiger partial charge in [0.1, 0.15) is 0 Å². The van der Waals surface area contributed by atoms with Crippen molar-refractivity contribution in [2.24, 2.45) is 5.73 Å². The van der Waals surface area contributed by atoms with Gasteiger partial charge >= 0.3 is 6.09 Å². The number of halogens is 1. The molecular formula is C5H4ClN3O2. The SMILES string of the molecule is NC(=O)Oc1ccc(Cl)nn1. The zero-order valence-electron chi connectivity index (χ0n) is 5.32. The van der Waals surface area contributed by atoms with Gasteiger partial charge < -0.3 is 10.5 Å². The van der Waals surface area contributed by atoms with Crippen molar-refractivity contribution in [3.63, 3.8) is 0 Å². The number of hydrogen-bond acceptors (Lipinski definition) is 4. The molecule has 6 heteroatoms. The van der Waals surface area contributed by atoms with Crippen LogP contribution in [0.4, 0.5) is 4.79 Å². The van der Waals surface area contributed by atoms with Gasteiger partial charge in [0.25, 0.3) is 0 Å². The van der Waals surface area contributed by atoms with E-state index >= 15 is 0 Å². The standard InChI is InChI=1S/C5H4ClN3O2/c6-3-1-2-4(9-8-3)11-5(7)10/h1-2H,(H2,7,10). The van der Waals surface area contributed by atoms with Crippen molar-refractivity contribution in [1.82, 2.24) is 10.2 Å². The third-order valence-corrected chi connectivity index (χ3v) is 1.01. The van der Waals surface area contributed by atoms with E-state index in [1.54, 1.807) is 0 Å². The van der Waals surface area contributed by atoms with E-state index in [2.05, 4.69) is 14.9 Å². The lowest BCUT2D eigenvalue weighted by molar-refractivity contribution is 0.208. The summed E-state index contributed by atoms with van der Waals surface area (Å²) in [6, 6.07) is 2.83. The number of primary amides is 1. The van der Waals surface area contributed by atoms with E-state index in [4.69, 9.17) is 17.3 Å². The molecule has 0 saturated carbocycles. The molecule has 0 bridgehead atoms. The number of nitrogens with two attached hydrogens (primary N) is 1. The number of hydrogen-bond donors (Lipinski definition) is 1. The molecule has 5 nitrogen and oxygen atoms in total. The Labute approximate surface area is 67.1 Å². The van der Waals surface area contributed by atoms with Crippen LogP contribution in [0.1, 0.15) is 0 Å². The zero-order valence-corrected chi connectivity index (χ0v) is 6.08. The normalized spacial score (nSPS) is 9.18. The number of rotatable bonds is 1. The summed E-state index contributed by atoms with van der Waals surface area (Å²) in [4.78, 5) is 10.2. The van der Waals surface area contributed by atoms with E-state index in [-0.39, 0.29) is 11.0 Å². The molecule has 0 saturated heterocycles. The van der Waals surface area contributed by atoms with Crippen LogP contribution >= 0.6 is 11.6 Å². The van der Waals surface area contributed by atoms with Crippen LogP contribution in [0.3, 0.4) is 0 Å². The lowest BCUT2D eigenvalue weighted by Gasteiger charge is -1.95. The first-order valence-electron chi connectivity index (χ1n) is 2.65. The Hall–Kier alpha value is -1.36. The summed E-state index contributed by atoms with van der Waals surface area (Å²) in [6.07, 6.45) is -0.929. The van der Waals surface area contributed by atoms with Crippen LogP contribution in [0, 0.1) is 0 Å². The van der Waals surface area contributed by atoms with Crippen molar-refractivity contribution in [2.75, 3.05) is 0 Å². The lowest BCUT2D eigenvalue weighted by atomic mass is 10.6. The molecule has 0 aliphatic carbocycles. The largest absolute Gasteiger partial charge is 0.411 e. The van der Waals surface area contributed by atoms with E-state index in [0.717, 1.165) is 0 Å². The average Bonchev–Trinajstić information content (AvgIpc) is 1.93. The molecule has 0 spiro atoms. The van der Waals surface area contributed by atoms with E-state index in [0.29, 0.717) is 0 Å². The summed E-state index contributed by atoms with van der Waals surface area (Å²) in [5.74, 6) is 0.0295. The highest BCUT2D eigenvalue weighted by Crippen LogP contribution is 2.07. The van der Waals surface area contributed by atoms with E-state index in [1.807, 2.05) is 0 Å². The predicted molar refractivity (Wildman–Crippen MR) is 37.3 cm³/mol. The number of nitrogens with zero attached hydrogens (tertiary/aromatic N) is 2. The molecule has 2 N–H and O–H groups in total. The Morgan fingerprint density at radius 1 is 1.55 bits per heavy atom. The molecular weight excluding hydrogens is 170 g/mol. The Balaban J connectivity index is 2.74. The minimum Gasteiger partial charge on any atom is -0.390 e. The van der Waals surface area contributed by atoms with Crippen LogP contribution in [0.2, 0.25) is 5.15 Å². The average molecular weight is 174 g/mol. The first-order valence-corrected chi connectivity index (χ1v) is 3.03. The fourth-order valence-corrected chi connectivity index (χ4v) is 0.562. The summed E-state index contributed by atoms with van der Waals surface area (Å²) in [5.41, 5.74) is 4.70. The molecule has 0 radical (unpaired) electrons. The Morgan fingerprint density at radius 3 is 2.73 bits per heavy atom. The van der Waals surface area contributed by atoms with Gasteiger partial charge in [0.05, 0.1) is 0 Å². The summed E-state index contributed by atoms with van der Waals surface area (Å²) >= 11 is 5.40. The molecule has 0 fully saturated rings. The Bertz CT molecular complexity index is 261. The highest BCUT2D eigenvalue weighted by atomic mass is 35.5. The van der Waals surface area contributed by atoms with Crippen LogP contribution in [0.15, 0.2) is 12.1 Å². The van der Waals surface area contributed by atoms with E-state index < -0.39 is 6.09 Å². The first kappa shape index (κ1) is 7.74. The quantitative estimate of drug-likeness (QED) is 0.674. The maximum atomic E-state index is 10.2. The lowest BCUT2D eigenvalue weighted by Crippen LogP contribution is -2.17. The zero-order chi connectivity index (χ0) is 8.27. The monoisotopic (exact) mass is 173 g/mol. The molecule has 0 atom stereocenters. The highest BCUT2D eigenvalue weighted by Gasteiger charge is 1.99. The van der Waals surface area contributed by atoms with Crippen LogP contribution in [-0.4, -0.2) is 16.3 Å². The smallest absolute Gasteiger partial charge is 0.390 e. The molecule has 11 heavy (non-hydrogen) atoms. The van der Waals surface area contributed by atoms with Gasteiger partial charge in [0.15, 0.2) is 5.15 Å². The van der Waals surface area contributed by atoms with Gasteiger partial charge in [-0.2, -0.15) is 0 Å². The van der Waals surface area contributed by atoms with Crippen LogP contribution in [0.5, 0.6) is 5.88 Å². The van der Waals surface area contributed by atoms with Gasteiger partial charge in [-0.1, -0.05) is 11.6 Å². The predicted octanol–water partition coefficient (Wildman–Crippen LogP) is 0.588.